The number of hydrogen-bond donors (Lipinski definition) is 1. The fourth-order valence-corrected chi connectivity index (χ4v) is 4.04. The van der Waals surface area contributed by atoms with E-state index in [1.54, 1.807) is 0 Å². The molecule has 7 heteroatoms. The van der Waals surface area contributed by atoms with Crippen LogP contribution in [0.1, 0.15) is 38.5 Å². The molecule has 134 valence electrons. The van der Waals surface area contributed by atoms with Crippen LogP contribution < -0.4 is 5.32 Å². The molecule has 1 saturated carbocycles. The number of nitrogens with zero attached hydrogens (tertiary/aromatic N) is 1. The number of esters is 1. The molecule has 1 heterocycles. The summed E-state index contributed by atoms with van der Waals surface area (Å²) in [5, 5.41) is 2.03. The van der Waals surface area contributed by atoms with Crippen molar-refractivity contribution in [3.63, 3.8) is 0 Å². The number of nitrogens with one attached hydrogen (secondary N) is 1. The fourth-order valence-electron chi connectivity index (χ4n) is 3.07. The molecule has 1 N–H and O–H groups in total. The molecule has 0 radical (unpaired) electrons. The second-order valence-electron chi connectivity index (χ2n) is 6.29. The number of rotatable bonds is 6. The topological polar surface area (TPSA) is 75.7 Å². The number of anilines is 1. The maximum atomic E-state index is 12.4. The number of amides is 2. The van der Waals surface area contributed by atoms with Crippen molar-refractivity contribution < 1.29 is 19.1 Å². The van der Waals surface area contributed by atoms with E-state index < -0.39 is 5.25 Å². The summed E-state index contributed by atoms with van der Waals surface area (Å²) in [5.74, 6) is -0.720. The summed E-state index contributed by atoms with van der Waals surface area (Å²) in [7, 11) is 0. The predicted octanol–water partition coefficient (Wildman–Crippen LogP) is 3.39. The number of carbonyl (C=O) groups excluding carboxylic acids is 3. The van der Waals surface area contributed by atoms with Crippen LogP contribution in [0.5, 0.6) is 0 Å². The zero-order chi connectivity index (χ0) is 17.6. The van der Waals surface area contributed by atoms with E-state index in [4.69, 9.17) is 4.74 Å². The van der Waals surface area contributed by atoms with E-state index in [2.05, 4.69) is 5.32 Å². The predicted molar refractivity (Wildman–Crippen MR) is 96.1 cm³/mol. The second-order valence-corrected chi connectivity index (χ2v) is 7.45. The van der Waals surface area contributed by atoms with E-state index in [9.17, 15) is 14.4 Å². The largest absolute Gasteiger partial charge is 0.462 e. The van der Waals surface area contributed by atoms with Gasteiger partial charge in [-0.1, -0.05) is 36.4 Å². The SMILES string of the molecule is O=C(CC1SC(=O)N(CNc2ccccc2)C1=O)OC1CCCCC1. The van der Waals surface area contributed by atoms with Crippen LogP contribution in [-0.4, -0.2) is 40.0 Å². The van der Waals surface area contributed by atoms with Crippen molar-refractivity contribution in [1.82, 2.24) is 4.90 Å². The van der Waals surface area contributed by atoms with Crippen molar-refractivity contribution in [2.75, 3.05) is 12.0 Å². The third-order valence-corrected chi connectivity index (χ3v) is 5.50. The van der Waals surface area contributed by atoms with Crippen LogP contribution in [0.3, 0.4) is 0 Å². The zero-order valence-corrected chi connectivity index (χ0v) is 14.8. The normalized spacial score (nSPS) is 21.4. The third-order valence-electron chi connectivity index (χ3n) is 4.42. The number of para-hydroxylation sites is 1. The van der Waals surface area contributed by atoms with Gasteiger partial charge in [-0.2, -0.15) is 0 Å². The summed E-state index contributed by atoms with van der Waals surface area (Å²) in [6, 6.07) is 9.35. The Bertz CT molecular complexity index is 631. The highest BCUT2D eigenvalue weighted by molar-refractivity contribution is 8.15. The van der Waals surface area contributed by atoms with E-state index in [0.29, 0.717) is 0 Å². The first kappa shape index (κ1) is 17.8. The van der Waals surface area contributed by atoms with Crippen LogP contribution >= 0.6 is 11.8 Å². The molecule has 1 aliphatic heterocycles. The molecule has 1 atom stereocenters. The molecular formula is C18H22N2O4S. The van der Waals surface area contributed by atoms with Gasteiger partial charge in [0.15, 0.2) is 0 Å². The first-order valence-electron chi connectivity index (χ1n) is 8.64. The van der Waals surface area contributed by atoms with Crippen LogP contribution in [0.15, 0.2) is 30.3 Å². The Balaban J connectivity index is 1.49. The molecule has 1 aromatic carbocycles. The number of benzene rings is 1. The van der Waals surface area contributed by atoms with E-state index >= 15 is 0 Å². The van der Waals surface area contributed by atoms with Gasteiger partial charge in [0.2, 0.25) is 5.91 Å². The molecule has 0 spiro atoms. The highest BCUT2D eigenvalue weighted by Crippen LogP contribution is 2.30. The first-order chi connectivity index (χ1) is 12.1. The highest BCUT2D eigenvalue weighted by Gasteiger charge is 2.41. The van der Waals surface area contributed by atoms with Gasteiger partial charge in [0.05, 0.1) is 13.1 Å². The standard InChI is InChI=1S/C18H22N2O4S/c21-16(24-14-9-5-2-6-10-14)11-15-17(22)20(18(23)25-15)12-19-13-7-3-1-4-8-13/h1,3-4,7-8,14-15,19H,2,5-6,9-12H2. The molecule has 2 aliphatic rings. The van der Waals surface area contributed by atoms with Gasteiger partial charge in [-0.05, 0) is 37.8 Å². The average Bonchev–Trinajstić information content (AvgIpc) is 2.88. The van der Waals surface area contributed by atoms with Crippen LogP contribution in [0, 0.1) is 0 Å². The zero-order valence-electron chi connectivity index (χ0n) is 14.0. The molecule has 0 bridgehead atoms. The molecule has 2 amide bonds. The minimum Gasteiger partial charge on any atom is -0.462 e. The van der Waals surface area contributed by atoms with Gasteiger partial charge in [0, 0.05) is 5.69 Å². The molecule has 3 rings (SSSR count). The van der Waals surface area contributed by atoms with Crippen molar-refractivity contribution in [2.45, 2.75) is 49.9 Å². The van der Waals surface area contributed by atoms with Gasteiger partial charge in [-0.25, -0.2) is 0 Å². The van der Waals surface area contributed by atoms with Gasteiger partial charge in [-0.3, -0.25) is 19.3 Å². The van der Waals surface area contributed by atoms with Crippen molar-refractivity contribution in [3.05, 3.63) is 30.3 Å². The lowest BCUT2D eigenvalue weighted by atomic mass is 9.98. The fraction of sp³-hybridized carbons (Fsp3) is 0.500. The summed E-state index contributed by atoms with van der Waals surface area (Å²) >= 11 is 0.904. The van der Waals surface area contributed by atoms with Crippen LogP contribution in [0.2, 0.25) is 0 Å². The Morgan fingerprint density at radius 1 is 1.16 bits per heavy atom. The van der Waals surface area contributed by atoms with Crippen molar-refractivity contribution in [2.24, 2.45) is 0 Å². The van der Waals surface area contributed by atoms with E-state index in [1.165, 1.54) is 6.42 Å². The Kier molecular flexibility index (Phi) is 5.96. The Hall–Kier alpha value is -2.02. The Labute approximate surface area is 151 Å². The molecule has 1 saturated heterocycles. The minimum absolute atomic E-state index is 0.0330. The molecule has 25 heavy (non-hydrogen) atoms. The van der Waals surface area contributed by atoms with Gasteiger partial charge < -0.3 is 10.1 Å². The van der Waals surface area contributed by atoms with Crippen molar-refractivity contribution in [1.29, 1.82) is 0 Å². The Morgan fingerprint density at radius 3 is 2.60 bits per heavy atom. The molecule has 1 aromatic rings. The molecule has 2 fully saturated rings. The molecular weight excluding hydrogens is 340 g/mol. The van der Waals surface area contributed by atoms with E-state index in [1.807, 2.05) is 30.3 Å². The van der Waals surface area contributed by atoms with Crippen molar-refractivity contribution >= 4 is 34.6 Å². The van der Waals surface area contributed by atoms with Gasteiger partial charge in [0.25, 0.3) is 5.24 Å². The minimum atomic E-state index is -0.679. The second kappa shape index (κ2) is 8.38. The summed E-state index contributed by atoms with van der Waals surface area (Å²) in [5.41, 5.74) is 0.827. The number of hydrogen-bond acceptors (Lipinski definition) is 6. The molecule has 6 nitrogen and oxygen atoms in total. The Morgan fingerprint density at radius 2 is 1.88 bits per heavy atom. The maximum absolute atomic E-state index is 12.4. The van der Waals surface area contributed by atoms with Gasteiger partial charge in [0.1, 0.15) is 11.4 Å². The van der Waals surface area contributed by atoms with Crippen LogP contribution in [0.25, 0.3) is 0 Å². The smallest absolute Gasteiger partial charge is 0.307 e. The van der Waals surface area contributed by atoms with Gasteiger partial charge >= 0.3 is 5.97 Å². The lowest BCUT2D eigenvalue weighted by Gasteiger charge is -2.22. The molecule has 1 unspecified atom stereocenters. The van der Waals surface area contributed by atoms with E-state index in [-0.39, 0.29) is 36.3 Å². The summed E-state index contributed by atoms with van der Waals surface area (Å²) in [6.07, 6.45) is 5.04. The summed E-state index contributed by atoms with van der Waals surface area (Å²) in [6.45, 7) is 0.100. The average molecular weight is 362 g/mol. The lowest BCUT2D eigenvalue weighted by molar-refractivity contribution is -0.151. The van der Waals surface area contributed by atoms with E-state index in [0.717, 1.165) is 48.0 Å². The van der Waals surface area contributed by atoms with Crippen molar-refractivity contribution in [3.8, 4) is 0 Å². The number of carbonyl (C=O) groups is 3. The lowest BCUT2D eigenvalue weighted by Crippen LogP contribution is -2.36. The quantitative estimate of drug-likeness (QED) is 0.782. The summed E-state index contributed by atoms with van der Waals surface area (Å²) < 4.78 is 5.45. The highest BCUT2D eigenvalue weighted by atomic mass is 32.2. The monoisotopic (exact) mass is 362 g/mol. The maximum Gasteiger partial charge on any atom is 0.307 e. The number of thioether (sulfide) groups is 1. The first-order valence-corrected chi connectivity index (χ1v) is 9.52. The molecule has 0 aromatic heterocycles. The van der Waals surface area contributed by atoms with Crippen LogP contribution in [-0.2, 0) is 14.3 Å². The van der Waals surface area contributed by atoms with Gasteiger partial charge in [-0.15, -0.1) is 0 Å². The molecule has 1 aliphatic carbocycles. The third kappa shape index (κ3) is 4.75. The summed E-state index contributed by atoms with van der Waals surface area (Å²) in [4.78, 5) is 37.7. The number of ether oxygens (including phenoxy) is 1. The van der Waals surface area contributed by atoms with Crippen LogP contribution in [0.4, 0.5) is 10.5 Å². The number of imide groups is 1.